The Bertz CT molecular complexity index is 744. The second-order valence-corrected chi connectivity index (χ2v) is 6.09. The largest absolute Gasteiger partial charge is 0.477 e. The maximum Gasteiger partial charge on any atom is 0.352 e. The van der Waals surface area contributed by atoms with Gasteiger partial charge in [-0.2, -0.15) is 5.10 Å². The number of rotatable bonds is 5. The fraction of sp³-hybridized carbons (Fsp3) is 0.273. The first-order valence-corrected chi connectivity index (χ1v) is 7.15. The molecule has 0 fully saturated rings. The molecule has 0 atom stereocenters. The molecule has 2 N–H and O–H groups in total. The first kappa shape index (κ1) is 14.3. The van der Waals surface area contributed by atoms with Gasteiger partial charge in [0.1, 0.15) is 10.6 Å². The predicted octanol–water partition coefficient (Wildman–Crippen LogP) is -0.0647. The summed E-state index contributed by atoms with van der Waals surface area (Å²) in [7, 11) is -0.549. The van der Waals surface area contributed by atoms with E-state index in [-0.39, 0.29) is 17.1 Å². The van der Waals surface area contributed by atoms with Gasteiger partial charge in [0.05, 0.1) is 6.20 Å². The highest BCUT2D eigenvalue weighted by atomic mass is 32.2. The Morgan fingerprint density at radius 1 is 1.40 bits per heavy atom. The van der Waals surface area contributed by atoms with Crippen LogP contribution >= 0.6 is 0 Å². The van der Waals surface area contributed by atoms with Crippen molar-refractivity contribution in [2.24, 2.45) is 14.1 Å². The van der Waals surface area contributed by atoms with Crippen LogP contribution in [-0.2, 0) is 30.7 Å². The Balaban J connectivity index is 2.18. The lowest BCUT2D eigenvalue weighted by Gasteiger charge is -2.02. The third kappa shape index (κ3) is 2.89. The lowest BCUT2D eigenvalue weighted by atomic mass is 10.4. The van der Waals surface area contributed by atoms with Gasteiger partial charge in [-0.3, -0.25) is 4.68 Å². The number of hydrogen-bond donors (Lipinski definition) is 2. The molecular weight excluding hydrogens is 284 g/mol. The standard InChI is InChI=1S/C11H14N4O4S/c1-14-7-9(3-10(14)11(16)17)20(18,19)13-5-8-4-12-15(2)6-8/h3-4,6-7,13H,5H2,1-2H3,(H,16,17). The van der Waals surface area contributed by atoms with Gasteiger partial charge in [0, 0.05) is 38.6 Å². The quantitative estimate of drug-likeness (QED) is 0.804. The summed E-state index contributed by atoms with van der Waals surface area (Å²) in [6.07, 6.45) is 4.50. The van der Waals surface area contributed by atoms with Gasteiger partial charge < -0.3 is 9.67 Å². The summed E-state index contributed by atoms with van der Waals surface area (Å²) in [6.45, 7) is 0.0907. The number of carboxylic acid groups (broad SMARTS) is 1. The average Bonchev–Trinajstić information content (AvgIpc) is 2.93. The van der Waals surface area contributed by atoms with E-state index in [1.807, 2.05) is 0 Å². The molecule has 0 spiro atoms. The molecule has 2 rings (SSSR count). The zero-order chi connectivity index (χ0) is 14.9. The Morgan fingerprint density at radius 2 is 2.10 bits per heavy atom. The molecule has 0 unspecified atom stereocenters. The first-order valence-electron chi connectivity index (χ1n) is 5.66. The second-order valence-electron chi connectivity index (χ2n) is 4.32. The van der Waals surface area contributed by atoms with E-state index in [0.717, 1.165) is 6.07 Å². The highest BCUT2D eigenvalue weighted by Gasteiger charge is 2.20. The van der Waals surface area contributed by atoms with Gasteiger partial charge in [0.2, 0.25) is 10.0 Å². The Kier molecular flexibility index (Phi) is 3.64. The number of sulfonamides is 1. The monoisotopic (exact) mass is 298 g/mol. The smallest absolute Gasteiger partial charge is 0.352 e. The SMILES string of the molecule is Cn1cc(CNS(=O)(=O)c2cc(C(=O)O)n(C)c2)cn1. The minimum absolute atomic E-state index is 0.0821. The van der Waals surface area contributed by atoms with Crippen molar-refractivity contribution in [3.8, 4) is 0 Å². The molecule has 0 aromatic carbocycles. The molecule has 2 aromatic heterocycles. The molecule has 0 aliphatic heterocycles. The van der Waals surface area contributed by atoms with Gasteiger partial charge in [-0.15, -0.1) is 0 Å². The molecule has 0 saturated carbocycles. The highest BCUT2D eigenvalue weighted by molar-refractivity contribution is 7.89. The van der Waals surface area contributed by atoms with Crippen LogP contribution in [0.2, 0.25) is 0 Å². The molecule has 8 nitrogen and oxygen atoms in total. The number of carbonyl (C=O) groups is 1. The van der Waals surface area contributed by atoms with E-state index in [9.17, 15) is 13.2 Å². The number of carboxylic acids is 1. The van der Waals surface area contributed by atoms with Crippen LogP contribution in [0.4, 0.5) is 0 Å². The summed E-state index contributed by atoms with van der Waals surface area (Å²) in [4.78, 5) is 10.8. The molecular formula is C11H14N4O4S. The number of aromatic carboxylic acids is 1. The summed E-state index contributed by atoms with van der Waals surface area (Å²) in [5.74, 6) is -1.18. The molecule has 0 amide bonds. The van der Waals surface area contributed by atoms with Gasteiger partial charge >= 0.3 is 5.97 Å². The average molecular weight is 298 g/mol. The van der Waals surface area contributed by atoms with Crippen molar-refractivity contribution in [2.45, 2.75) is 11.4 Å². The molecule has 2 aromatic rings. The molecule has 20 heavy (non-hydrogen) atoms. The third-order valence-electron chi connectivity index (χ3n) is 2.73. The lowest BCUT2D eigenvalue weighted by molar-refractivity contribution is 0.0686. The van der Waals surface area contributed by atoms with E-state index in [4.69, 9.17) is 5.11 Å². The van der Waals surface area contributed by atoms with Gasteiger partial charge in [-0.1, -0.05) is 0 Å². The van der Waals surface area contributed by atoms with E-state index in [1.165, 1.54) is 17.8 Å². The van der Waals surface area contributed by atoms with Crippen molar-refractivity contribution in [1.82, 2.24) is 19.1 Å². The molecule has 0 radical (unpaired) electrons. The summed E-state index contributed by atoms with van der Waals surface area (Å²) in [5, 5.41) is 12.8. The zero-order valence-corrected chi connectivity index (χ0v) is 11.8. The third-order valence-corrected chi connectivity index (χ3v) is 4.10. The second kappa shape index (κ2) is 5.10. The summed E-state index contributed by atoms with van der Waals surface area (Å²) < 4.78 is 29.3. The van der Waals surface area contributed by atoms with Crippen LogP contribution in [0.25, 0.3) is 0 Å². The van der Waals surface area contributed by atoms with Crippen molar-refractivity contribution in [1.29, 1.82) is 0 Å². The Morgan fingerprint density at radius 3 is 2.60 bits per heavy atom. The van der Waals surface area contributed by atoms with Crippen molar-refractivity contribution in [2.75, 3.05) is 0 Å². The van der Waals surface area contributed by atoms with Crippen molar-refractivity contribution >= 4 is 16.0 Å². The number of aromatic nitrogens is 3. The Labute approximate surface area is 115 Å². The number of nitrogens with zero attached hydrogens (tertiary/aromatic N) is 3. The van der Waals surface area contributed by atoms with Crippen LogP contribution in [-0.4, -0.2) is 33.8 Å². The summed E-state index contributed by atoms with van der Waals surface area (Å²) in [6, 6.07) is 1.12. The van der Waals surface area contributed by atoms with Crippen molar-refractivity contribution in [3.63, 3.8) is 0 Å². The van der Waals surface area contributed by atoms with Crippen LogP contribution < -0.4 is 4.72 Å². The topological polar surface area (TPSA) is 106 Å². The number of nitrogens with one attached hydrogen (secondary N) is 1. The predicted molar refractivity (Wildman–Crippen MR) is 69.6 cm³/mol. The van der Waals surface area contributed by atoms with Gasteiger partial charge in [0.15, 0.2) is 0 Å². The maximum absolute atomic E-state index is 12.1. The van der Waals surface area contributed by atoms with E-state index >= 15 is 0 Å². The fourth-order valence-corrected chi connectivity index (χ4v) is 2.81. The summed E-state index contributed by atoms with van der Waals surface area (Å²) in [5.41, 5.74) is 0.622. The Hall–Kier alpha value is -2.13. The lowest BCUT2D eigenvalue weighted by Crippen LogP contribution is -2.22. The van der Waals surface area contributed by atoms with Crippen LogP contribution in [0.3, 0.4) is 0 Å². The van der Waals surface area contributed by atoms with E-state index in [1.54, 1.807) is 24.1 Å². The molecule has 108 valence electrons. The van der Waals surface area contributed by atoms with E-state index < -0.39 is 16.0 Å². The highest BCUT2D eigenvalue weighted by Crippen LogP contribution is 2.13. The number of hydrogen-bond acceptors (Lipinski definition) is 4. The molecule has 0 saturated heterocycles. The van der Waals surface area contributed by atoms with E-state index in [2.05, 4.69) is 9.82 Å². The molecule has 0 aliphatic rings. The van der Waals surface area contributed by atoms with Crippen LogP contribution in [0.1, 0.15) is 16.1 Å². The molecule has 0 bridgehead atoms. The van der Waals surface area contributed by atoms with Crippen molar-refractivity contribution in [3.05, 3.63) is 35.9 Å². The fourth-order valence-electron chi connectivity index (χ4n) is 1.72. The first-order chi connectivity index (χ1) is 9.29. The molecule has 2 heterocycles. The van der Waals surface area contributed by atoms with Gasteiger partial charge in [0.25, 0.3) is 0 Å². The summed E-state index contributed by atoms with van der Waals surface area (Å²) >= 11 is 0. The van der Waals surface area contributed by atoms with Gasteiger partial charge in [-0.25, -0.2) is 17.9 Å². The minimum Gasteiger partial charge on any atom is -0.477 e. The molecule has 9 heteroatoms. The molecule has 0 aliphatic carbocycles. The van der Waals surface area contributed by atoms with Crippen LogP contribution in [0, 0.1) is 0 Å². The van der Waals surface area contributed by atoms with E-state index in [0.29, 0.717) is 5.56 Å². The zero-order valence-electron chi connectivity index (χ0n) is 10.9. The van der Waals surface area contributed by atoms with Crippen LogP contribution in [0.5, 0.6) is 0 Å². The number of aryl methyl sites for hydroxylation is 2. The van der Waals surface area contributed by atoms with Crippen LogP contribution in [0.15, 0.2) is 29.6 Å². The normalized spacial score (nSPS) is 11.7. The van der Waals surface area contributed by atoms with Crippen molar-refractivity contribution < 1.29 is 18.3 Å². The minimum atomic E-state index is -3.76. The van der Waals surface area contributed by atoms with Gasteiger partial charge in [-0.05, 0) is 6.07 Å². The maximum atomic E-state index is 12.1.